The SMILES string of the molecule is Cc1cc2c3ccccc3n(C(C)C)c2cc1-c1c2cc(C(C)C)ccc2cc(C)[n+]1C. The van der Waals surface area contributed by atoms with Crippen LogP contribution in [0.25, 0.3) is 43.8 Å². The summed E-state index contributed by atoms with van der Waals surface area (Å²) in [5.41, 5.74) is 9.24. The Morgan fingerprint density at radius 1 is 0.750 bits per heavy atom. The monoisotopic (exact) mass is 421 g/mol. The van der Waals surface area contributed by atoms with Gasteiger partial charge in [0.15, 0.2) is 5.69 Å². The van der Waals surface area contributed by atoms with Gasteiger partial charge in [0.25, 0.3) is 0 Å². The zero-order chi connectivity index (χ0) is 22.7. The number of rotatable bonds is 3. The van der Waals surface area contributed by atoms with E-state index >= 15 is 0 Å². The Labute approximate surface area is 191 Å². The van der Waals surface area contributed by atoms with Crippen molar-refractivity contribution < 1.29 is 4.57 Å². The van der Waals surface area contributed by atoms with Crippen molar-refractivity contribution in [1.82, 2.24) is 4.57 Å². The molecule has 0 aliphatic rings. The number of nitrogens with zero attached hydrogens (tertiary/aromatic N) is 2. The average Bonchev–Trinajstić information content (AvgIpc) is 3.07. The number of aryl methyl sites for hydroxylation is 2. The number of hydrogen-bond donors (Lipinski definition) is 0. The van der Waals surface area contributed by atoms with Crippen molar-refractivity contribution in [3.63, 3.8) is 0 Å². The van der Waals surface area contributed by atoms with E-state index in [1.165, 1.54) is 60.7 Å². The number of benzene rings is 3. The molecule has 0 radical (unpaired) electrons. The van der Waals surface area contributed by atoms with E-state index in [0.717, 1.165) is 0 Å². The van der Waals surface area contributed by atoms with Gasteiger partial charge < -0.3 is 4.57 Å². The highest BCUT2D eigenvalue weighted by Crippen LogP contribution is 2.38. The highest BCUT2D eigenvalue weighted by atomic mass is 15.0. The van der Waals surface area contributed by atoms with Crippen molar-refractivity contribution in [3.05, 3.63) is 77.5 Å². The van der Waals surface area contributed by atoms with Crippen LogP contribution in [0.5, 0.6) is 0 Å². The van der Waals surface area contributed by atoms with Gasteiger partial charge in [-0.25, -0.2) is 0 Å². The normalized spacial score (nSPS) is 12.2. The summed E-state index contributed by atoms with van der Waals surface area (Å²) < 4.78 is 4.86. The van der Waals surface area contributed by atoms with Gasteiger partial charge in [0.05, 0.1) is 16.5 Å². The van der Waals surface area contributed by atoms with Gasteiger partial charge >= 0.3 is 0 Å². The maximum absolute atomic E-state index is 2.49. The molecular formula is C30H33N2+. The molecule has 2 aromatic heterocycles. The van der Waals surface area contributed by atoms with Crippen LogP contribution in [0.15, 0.2) is 60.7 Å². The van der Waals surface area contributed by atoms with Gasteiger partial charge in [-0.2, -0.15) is 4.57 Å². The fraction of sp³-hybridized carbons (Fsp3) is 0.300. The number of pyridine rings is 1. The molecule has 0 unspecified atom stereocenters. The smallest absolute Gasteiger partial charge is 0.220 e. The lowest BCUT2D eigenvalue weighted by molar-refractivity contribution is -0.665. The van der Waals surface area contributed by atoms with Crippen LogP contribution in [-0.4, -0.2) is 4.57 Å². The zero-order valence-corrected chi connectivity index (χ0v) is 20.3. The summed E-state index contributed by atoms with van der Waals surface area (Å²) in [6, 6.07) is 23.3. The van der Waals surface area contributed by atoms with Crippen molar-refractivity contribution in [2.45, 2.75) is 53.5 Å². The second-order valence-corrected chi connectivity index (χ2v) is 9.86. The molecule has 0 N–H and O–H groups in total. The fourth-order valence-corrected chi connectivity index (χ4v) is 5.23. The topological polar surface area (TPSA) is 8.81 Å². The van der Waals surface area contributed by atoms with E-state index < -0.39 is 0 Å². The molecule has 32 heavy (non-hydrogen) atoms. The van der Waals surface area contributed by atoms with E-state index in [9.17, 15) is 0 Å². The molecule has 0 fully saturated rings. The molecule has 0 bridgehead atoms. The van der Waals surface area contributed by atoms with Gasteiger partial charge in [0, 0.05) is 35.3 Å². The standard InChI is InChI=1S/C30H33N2/c1-18(2)22-12-13-23-15-21(6)31(7)30(26(23)16-22)25-17-29-27(14-20(25)5)24-10-8-9-11-28(24)32(29)19(3)4/h8-19H,1-7H3/q+1. The van der Waals surface area contributed by atoms with Gasteiger partial charge in [-0.3, -0.25) is 0 Å². The molecule has 0 amide bonds. The molecular weight excluding hydrogens is 388 g/mol. The summed E-state index contributed by atoms with van der Waals surface area (Å²) in [4.78, 5) is 0. The predicted molar refractivity (Wildman–Crippen MR) is 138 cm³/mol. The summed E-state index contributed by atoms with van der Waals surface area (Å²) in [6.45, 7) is 13.6. The van der Waals surface area contributed by atoms with Gasteiger partial charge in [-0.05, 0) is 67.5 Å². The lowest BCUT2D eigenvalue weighted by Gasteiger charge is -2.15. The van der Waals surface area contributed by atoms with Crippen molar-refractivity contribution in [3.8, 4) is 11.3 Å². The van der Waals surface area contributed by atoms with Crippen LogP contribution >= 0.6 is 0 Å². The van der Waals surface area contributed by atoms with Gasteiger partial charge in [0.2, 0.25) is 5.69 Å². The van der Waals surface area contributed by atoms with Crippen LogP contribution in [0, 0.1) is 13.8 Å². The molecule has 0 atom stereocenters. The second kappa shape index (κ2) is 7.48. The minimum atomic E-state index is 0.392. The third-order valence-electron chi connectivity index (χ3n) is 7.06. The van der Waals surface area contributed by atoms with Crippen LogP contribution in [0.1, 0.15) is 56.5 Å². The zero-order valence-electron chi connectivity index (χ0n) is 20.3. The number of fused-ring (bicyclic) bond motifs is 4. The summed E-state index contributed by atoms with van der Waals surface area (Å²) in [5, 5.41) is 5.33. The summed E-state index contributed by atoms with van der Waals surface area (Å²) in [5.74, 6) is 0.505. The third kappa shape index (κ3) is 3.04. The Balaban J connectivity index is 1.92. The van der Waals surface area contributed by atoms with Gasteiger partial charge in [-0.15, -0.1) is 0 Å². The van der Waals surface area contributed by atoms with E-state index in [2.05, 4.69) is 118 Å². The highest BCUT2D eigenvalue weighted by Gasteiger charge is 2.23. The molecule has 3 aromatic carbocycles. The molecule has 2 heterocycles. The Morgan fingerprint density at radius 2 is 1.50 bits per heavy atom. The second-order valence-electron chi connectivity index (χ2n) is 9.86. The van der Waals surface area contributed by atoms with Gasteiger partial charge in [0.1, 0.15) is 7.05 Å². The largest absolute Gasteiger partial charge is 0.338 e. The Morgan fingerprint density at radius 3 is 2.22 bits per heavy atom. The van der Waals surface area contributed by atoms with Crippen molar-refractivity contribution in [2.75, 3.05) is 0 Å². The van der Waals surface area contributed by atoms with Crippen LogP contribution in [0.3, 0.4) is 0 Å². The molecule has 2 nitrogen and oxygen atoms in total. The van der Waals surface area contributed by atoms with E-state index in [1.807, 2.05) is 0 Å². The van der Waals surface area contributed by atoms with Crippen molar-refractivity contribution >= 4 is 32.6 Å². The van der Waals surface area contributed by atoms with E-state index in [1.54, 1.807) is 0 Å². The van der Waals surface area contributed by atoms with Crippen LogP contribution < -0.4 is 4.57 Å². The van der Waals surface area contributed by atoms with E-state index in [4.69, 9.17) is 0 Å². The molecule has 0 saturated carbocycles. The van der Waals surface area contributed by atoms with E-state index in [-0.39, 0.29) is 0 Å². The number of para-hydroxylation sites is 1. The first-order valence-corrected chi connectivity index (χ1v) is 11.7. The first-order valence-electron chi connectivity index (χ1n) is 11.7. The molecule has 2 heteroatoms. The first-order chi connectivity index (χ1) is 15.3. The van der Waals surface area contributed by atoms with E-state index in [0.29, 0.717) is 12.0 Å². The molecule has 0 spiro atoms. The van der Waals surface area contributed by atoms with Crippen LogP contribution in [0.2, 0.25) is 0 Å². The third-order valence-corrected chi connectivity index (χ3v) is 7.06. The number of aromatic nitrogens is 2. The molecule has 162 valence electrons. The van der Waals surface area contributed by atoms with Gasteiger partial charge in [-0.1, -0.05) is 44.2 Å². The quantitative estimate of drug-likeness (QED) is 0.263. The molecule has 0 saturated heterocycles. The average molecular weight is 422 g/mol. The maximum atomic E-state index is 2.49. The predicted octanol–water partition coefficient (Wildman–Crippen LogP) is 7.76. The minimum Gasteiger partial charge on any atom is -0.338 e. The summed E-state index contributed by atoms with van der Waals surface area (Å²) >= 11 is 0. The maximum Gasteiger partial charge on any atom is 0.220 e. The highest BCUT2D eigenvalue weighted by molar-refractivity contribution is 6.10. The molecule has 5 aromatic rings. The summed E-state index contributed by atoms with van der Waals surface area (Å²) in [6.07, 6.45) is 0. The minimum absolute atomic E-state index is 0.392. The van der Waals surface area contributed by atoms with Crippen LogP contribution in [0.4, 0.5) is 0 Å². The molecule has 0 aliphatic carbocycles. The molecule has 0 aliphatic heterocycles. The Bertz CT molecular complexity index is 1500. The Kier molecular flexibility index (Phi) is 4.85. The summed E-state index contributed by atoms with van der Waals surface area (Å²) in [7, 11) is 2.20. The lowest BCUT2D eigenvalue weighted by atomic mass is 9.93. The van der Waals surface area contributed by atoms with Crippen molar-refractivity contribution in [1.29, 1.82) is 0 Å². The van der Waals surface area contributed by atoms with Crippen molar-refractivity contribution in [2.24, 2.45) is 7.05 Å². The van der Waals surface area contributed by atoms with Crippen LogP contribution in [-0.2, 0) is 7.05 Å². The fourth-order valence-electron chi connectivity index (χ4n) is 5.23. The number of hydrogen-bond acceptors (Lipinski definition) is 0. The lowest BCUT2D eigenvalue weighted by Crippen LogP contribution is -2.35. The molecule has 5 rings (SSSR count). The first kappa shape index (κ1) is 20.8. The Hall–Kier alpha value is -3.13.